The molecule has 2 rings (SSSR count). The van der Waals surface area contributed by atoms with Gasteiger partial charge in [0.1, 0.15) is 5.75 Å². The number of rotatable bonds is 9. The minimum Gasteiger partial charge on any atom is -0.493 e. The highest BCUT2D eigenvalue weighted by Crippen LogP contribution is 2.36. The summed E-state index contributed by atoms with van der Waals surface area (Å²) in [7, 11) is 3.89. The first-order chi connectivity index (χ1) is 15.4. The van der Waals surface area contributed by atoms with E-state index in [1.807, 2.05) is 49.3 Å². The van der Waals surface area contributed by atoms with Gasteiger partial charge in [0, 0.05) is 12.5 Å². The molecule has 0 aliphatic heterocycles. The normalized spacial score (nSPS) is 13.9. The number of carbonyl (C=O) groups is 2. The SMILES string of the molecule is CN(C)C(CCOc1ccccc1C(F)(F)F)c1ccccc1.O=C(O)C(O)C(O)C(=O)O. The Labute approximate surface area is 188 Å². The number of benzene rings is 2. The summed E-state index contributed by atoms with van der Waals surface area (Å²) >= 11 is 0. The molecule has 33 heavy (non-hydrogen) atoms. The maximum Gasteiger partial charge on any atom is 0.419 e. The van der Waals surface area contributed by atoms with E-state index in [-0.39, 0.29) is 18.4 Å². The van der Waals surface area contributed by atoms with E-state index in [1.165, 1.54) is 12.1 Å². The van der Waals surface area contributed by atoms with E-state index in [9.17, 15) is 22.8 Å². The van der Waals surface area contributed by atoms with Gasteiger partial charge < -0.3 is 30.1 Å². The molecule has 8 nitrogen and oxygen atoms in total. The highest BCUT2D eigenvalue weighted by molar-refractivity contribution is 5.83. The van der Waals surface area contributed by atoms with Gasteiger partial charge >= 0.3 is 18.1 Å². The number of nitrogens with zero attached hydrogens (tertiary/aromatic N) is 1. The van der Waals surface area contributed by atoms with E-state index < -0.39 is 35.9 Å². The number of aliphatic hydroxyl groups excluding tert-OH is 2. The number of ether oxygens (including phenoxy) is 1. The largest absolute Gasteiger partial charge is 0.493 e. The Morgan fingerprint density at radius 1 is 0.909 bits per heavy atom. The van der Waals surface area contributed by atoms with Crippen LogP contribution in [0.25, 0.3) is 0 Å². The third kappa shape index (κ3) is 9.08. The number of hydrogen-bond acceptors (Lipinski definition) is 6. The number of hydrogen-bond donors (Lipinski definition) is 4. The molecule has 0 aliphatic carbocycles. The third-order valence-electron chi connectivity index (χ3n) is 4.45. The van der Waals surface area contributed by atoms with Gasteiger partial charge in [-0.15, -0.1) is 0 Å². The van der Waals surface area contributed by atoms with E-state index in [0.29, 0.717) is 6.42 Å². The highest BCUT2D eigenvalue weighted by atomic mass is 19.4. The van der Waals surface area contributed by atoms with Crippen LogP contribution in [0.15, 0.2) is 54.6 Å². The molecule has 0 aliphatic rings. The summed E-state index contributed by atoms with van der Waals surface area (Å²) in [5.74, 6) is -3.66. The van der Waals surface area contributed by atoms with Crippen molar-refractivity contribution in [1.29, 1.82) is 0 Å². The fourth-order valence-electron chi connectivity index (χ4n) is 2.78. The van der Waals surface area contributed by atoms with Crippen LogP contribution in [0.3, 0.4) is 0 Å². The van der Waals surface area contributed by atoms with Crippen LogP contribution in [0.2, 0.25) is 0 Å². The van der Waals surface area contributed by atoms with Crippen LogP contribution in [0.4, 0.5) is 13.2 Å². The standard InChI is InChI=1S/C18H20F3NO.C4H6O6/c1-22(2)16(14-8-4-3-5-9-14)12-13-23-17-11-7-6-10-15(17)18(19,20)21;5-1(3(7)8)2(6)4(9)10/h3-11,16H,12-13H2,1-2H3;1-2,5-6H,(H,7,8)(H,9,10). The number of aliphatic carboxylic acids is 2. The zero-order valence-electron chi connectivity index (χ0n) is 17.9. The van der Waals surface area contributed by atoms with Gasteiger partial charge in [0.2, 0.25) is 0 Å². The second-order valence-corrected chi connectivity index (χ2v) is 7.09. The molecule has 0 bridgehead atoms. The molecule has 0 aromatic heterocycles. The first kappa shape index (κ1) is 27.9. The number of carboxylic acids is 2. The summed E-state index contributed by atoms with van der Waals surface area (Å²) < 4.78 is 44.2. The lowest BCUT2D eigenvalue weighted by atomic mass is 10.0. The number of alkyl halides is 3. The second kappa shape index (κ2) is 12.8. The molecule has 0 radical (unpaired) electrons. The van der Waals surface area contributed by atoms with Crippen LogP contribution in [-0.4, -0.2) is 70.2 Å². The van der Waals surface area contributed by atoms with Crippen molar-refractivity contribution in [2.24, 2.45) is 0 Å². The minimum absolute atomic E-state index is 0.0919. The topological polar surface area (TPSA) is 128 Å². The van der Waals surface area contributed by atoms with E-state index in [0.717, 1.165) is 11.6 Å². The Bertz CT molecular complexity index is 873. The van der Waals surface area contributed by atoms with Crippen molar-refractivity contribution in [2.75, 3.05) is 20.7 Å². The molecule has 0 heterocycles. The van der Waals surface area contributed by atoms with Crippen molar-refractivity contribution in [1.82, 2.24) is 4.90 Å². The number of halogens is 3. The predicted octanol–water partition coefficient (Wildman–Crippen LogP) is 2.65. The molecular weight excluding hydrogens is 447 g/mol. The molecule has 2 aromatic rings. The van der Waals surface area contributed by atoms with Gasteiger partial charge in [-0.1, -0.05) is 42.5 Å². The van der Waals surface area contributed by atoms with Gasteiger partial charge in [-0.05, 0) is 31.8 Å². The fourth-order valence-corrected chi connectivity index (χ4v) is 2.78. The van der Waals surface area contributed by atoms with Gasteiger partial charge in [0.05, 0.1) is 12.2 Å². The summed E-state index contributed by atoms with van der Waals surface area (Å²) in [6.45, 7) is 0.213. The molecule has 0 spiro atoms. The van der Waals surface area contributed by atoms with E-state index in [1.54, 1.807) is 6.07 Å². The van der Waals surface area contributed by atoms with Crippen molar-refractivity contribution >= 4 is 11.9 Å². The fraction of sp³-hybridized carbons (Fsp3) is 0.364. The average Bonchev–Trinajstić information content (AvgIpc) is 2.76. The summed E-state index contributed by atoms with van der Waals surface area (Å²) in [5, 5.41) is 32.5. The minimum atomic E-state index is -4.41. The lowest BCUT2D eigenvalue weighted by Crippen LogP contribution is -2.39. The first-order valence-corrected chi connectivity index (χ1v) is 9.68. The summed E-state index contributed by atoms with van der Waals surface area (Å²) in [4.78, 5) is 21.6. The first-order valence-electron chi connectivity index (χ1n) is 9.68. The molecule has 11 heteroatoms. The lowest BCUT2D eigenvalue weighted by Gasteiger charge is -2.25. The van der Waals surface area contributed by atoms with Gasteiger partial charge in [0.25, 0.3) is 0 Å². The van der Waals surface area contributed by atoms with E-state index >= 15 is 0 Å². The molecule has 4 N–H and O–H groups in total. The van der Waals surface area contributed by atoms with Crippen LogP contribution in [-0.2, 0) is 15.8 Å². The molecule has 3 unspecified atom stereocenters. The van der Waals surface area contributed by atoms with E-state index in [2.05, 4.69) is 0 Å². The van der Waals surface area contributed by atoms with E-state index in [4.69, 9.17) is 25.2 Å². The molecule has 182 valence electrons. The van der Waals surface area contributed by atoms with Gasteiger partial charge in [0.15, 0.2) is 12.2 Å². The number of para-hydroxylation sites is 1. The highest BCUT2D eigenvalue weighted by Gasteiger charge is 2.34. The van der Waals surface area contributed by atoms with Crippen LogP contribution >= 0.6 is 0 Å². The predicted molar refractivity (Wildman–Crippen MR) is 112 cm³/mol. The van der Waals surface area contributed by atoms with Crippen molar-refractivity contribution in [3.63, 3.8) is 0 Å². The maximum atomic E-state index is 12.9. The lowest BCUT2D eigenvalue weighted by molar-refractivity contribution is -0.165. The number of aliphatic hydroxyl groups is 2. The van der Waals surface area contributed by atoms with Gasteiger partial charge in [-0.25, -0.2) is 9.59 Å². The molecule has 2 aromatic carbocycles. The Morgan fingerprint density at radius 3 is 1.85 bits per heavy atom. The molecule has 0 fully saturated rings. The van der Waals surface area contributed by atoms with Crippen LogP contribution < -0.4 is 4.74 Å². The quantitative estimate of drug-likeness (QED) is 0.438. The Hall–Kier alpha value is -3.15. The smallest absolute Gasteiger partial charge is 0.419 e. The Balaban J connectivity index is 0.000000461. The zero-order chi connectivity index (χ0) is 25.2. The van der Waals surface area contributed by atoms with Crippen molar-refractivity contribution in [2.45, 2.75) is 30.8 Å². The maximum absolute atomic E-state index is 12.9. The van der Waals surface area contributed by atoms with Crippen molar-refractivity contribution in [3.8, 4) is 5.75 Å². The average molecular weight is 473 g/mol. The Morgan fingerprint density at radius 2 is 1.39 bits per heavy atom. The summed E-state index contributed by atoms with van der Waals surface area (Å²) in [6, 6.07) is 15.3. The third-order valence-corrected chi connectivity index (χ3v) is 4.45. The van der Waals surface area contributed by atoms with Crippen LogP contribution in [0.1, 0.15) is 23.6 Å². The molecule has 3 atom stereocenters. The van der Waals surface area contributed by atoms with Gasteiger partial charge in [-0.2, -0.15) is 13.2 Å². The molecule has 0 amide bonds. The zero-order valence-corrected chi connectivity index (χ0v) is 17.9. The summed E-state index contributed by atoms with van der Waals surface area (Å²) in [5.41, 5.74) is 0.381. The number of carboxylic acid groups (broad SMARTS) is 2. The molecule has 0 saturated heterocycles. The summed E-state index contributed by atoms with van der Waals surface area (Å²) in [6.07, 6.45) is -8.34. The molecule has 0 saturated carbocycles. The van der Waals surface area contributed by atoms with Gasteiger partial charge in [-0.3, -0.25) is 0 Å². The van der Waals surface area contributed by atoms with Crippen molar-refractivity contribution < 1.29 is 47.9 Å². The second-order valence-electron chi connectivity index (χ2n) is 7.09. The Kier molecular flexibility index (Phi) is 10.8. The van der Waals surface area contributed by atoms with Crippen molar-refractivity contribution in [3.05, 3.63) is 65.7 Å². The molecular formula is C22H26F3NO7. The van der Waals surface area contributed by atoms with Crippen LogP contribution in [0.5, 0.6) is 5.75 Å². The monoisotopic (exact) mass is 473 g/mol. The van der Waals surface area contributed by atoms with Crippen LogP contribution in [0, 0.1) is 0 Å².